The van der Waals surface area contributed by atoms with Crippen molar-refractivity contribution < 1.29 is 19.1 Å². The molecule has 10 heteroatoms. The number of nitrogens with two attached hydrogens (primary N) is 1. The molecular formula is C11H13N5O4S. The van der Waals surface area contributed by atoms with Crippen LogP contribution in [0, 0.1) is 0 Å². The molecule has 0 fully saturated rings. The molecule has 21 heavy (non-hydrogen) atoms. The molecule has 0 bridgehead atoms. The topological polar surface area (TPSA) is 122 Å². The van der Waals surface area contributed by atoms with E-state index >= 15 is 0 Å². The zero-order chi connectivity index (χ0) is 15.4. The molecule has 0 aliphatic heterocycles. The van der Waals surface area contributed by atoms with E-state index in [0.29, 0.717) is 5.16 Å². The van der Waals surface area contributed by atoms with E-state index in [1.807, 2.05) is 0 Å². The summed E-state index contributed by atoms with van der Waals surface area (Å²) in [6, 6.07) is 0. The van der Waals surface area contributed by atoms with Crippen molar-refractivity contribution in [3.63, 3.8) is 0 Å². The summed E-state index contributed by atoms with van der Waals surface area (Å²) in [4.78, 5) is 30.9. The van der Waals surface area contributed by atoms with E-state index in [9.17, 15) is 9.59 Å². The number of aromatic nitrogens is 4. The van der Waals surface area contributed by atoms with E-state index in [1.165, 1.54) is 17.8 Å². The zero-order valence-corrected chi connectivity index (χ0v) is 12.2. The van der Waals surface area contributed by atoms with Crippen LogP contribution in [0.15, 0.2) is 11.4 Å². The molecule has 0 amide bonds. The van der Waals surface area contributed by atoms with E-state index in [4.69, 9.17) is 10.5 Å². The number of ether oxygens (including phenoxy) is 2. The maximum Gasteiger partial charge on any atom is 0.343 e. The molecule has 0 saturated heterocycles. The Morgan fingerprint density at radius 3 is 2.90 bits per heavy atom. The molecular weight excluding hydrogens is 298 g/mol. The predicted molar refractivity (Wildman–Crippen MR) is 73.9 cm³/mol. The number of thioether (sulfide) groups is 1. The van der Waals surface area contributed by atoms with Crippen molar-refractivity contribution >= 4 is 35.3 Å². The highest BCUT2D eigenvalue weighted by molar-refractivity contribution is 7.99. The SMILES string of the molecule is CCOC(=O)c1cnc2nc(SCC(=O)OC)nn2c1N. The summed E-state index contributed by atoms with van der Waals surface area (Å²) >= 11 is 1.08. The number of methoxy groups -OCH3 is 1. The molecule has 0 unspecified atom stereocenters. The van der Waals surface area contributed by atoms with Crippen LogP contribution in [0.3, 0.4) is 0 Å². The predicted octanol–water partition coefficient (Wildman–Crippen LogP) is 0.148. The Labute approximate surface area is 123 Å². The molecule has 2 heterocycles. The number of hydrogen-bond donors (Lipinski definition) is 1. The lowest BCUT2D eigenvalue weighted by Gasteiger charge is -2.04. The maximum absolute atomic E-state index is 11.7. The van der Waals surface area contributed by atoms with Gasteiger partial charge in [0.2, 0.25) is 5.16 Å². The van der Waals surface area contributed by atoms with Crippen molar-refractivity contribution in [2.45, 2.75) is 12.1 Å². The first-order valence-electron chi connectivity index (χ1n) is 5.94. The van der Waals surface area contributed by atoms with Crippen molar-refractivity contribution in [3.8, 4) is 0 Å². The van der Waals surface area contributed by atoms with Crippen molar-refractivity contribution in [2.24, 2.45) is 0 Å². The molecule has 2 aromatic rings. The molecule has 0 aliphatic carbocycles. The number of fused-ring (bicyclic) bond motifs is 1. The summed E-state index contributed by atoms with van der Waals surface area (Å²) < 4.78 is 10.6. The monoisotopic (exact) mass is 311 g/mol. The van der Waals surface area contributed by atoms with Crippen molar-refractivity contribution in [1.82, 2.24) is 19.6 Å². The minimum absolute atomic E-state index is 0.0675. The van der Waals surface area contributed by atoms with E-state index < -0.39 is 11.9 Å². The smallest absolute Gasteiger partial charge is 0.343 e. The van der Waals surface area contributed by atoms with Gasteiger partial charge in [0.05, 0.1) is 19.5 Å². The summed E-state index contributed by atoms with van der Waals surface area (Å²) in [5.74, 6) is -0.600. The molecule has 9 nitrogen and oxygen atoms in total. The van der Waals surface area contributed by atoms with Crippen LogP contribution < -0.4 is 5.73 Å². The Morgan fingerprint density at radius 1 is 1.48 bits per heavy atom. The molecule has 2 rings (SSSR count). The second-order valence-electron chi connectivity index (χ2n) is 3.75. The fourth-order valence-corrected chi connectivity index (χ4v) is 2.09. The standard InChI is InChI=1S/C11H13N5O4S/c1-3-20-9(18)6-4-13-10-14-11(15-16(10)8(6)12)21-5-7(17)19-2/h4H,3,5,12H2,1-2H3. The molecule has 0 atom stereocenters. The number of anilines is 1. The van der Waals surface area contributed by atoms with Crippen LogP contribution in [0.4, 0.5) is 5.82 Å². The van der Waals surface area contributed by atoms with Gasteiger partial charge >= 0.3 is 11.9 Å². The molecule has 0 saturated carbocycles. The number of carbonyl (C=O) groups excluding carboxylic acids is 2. The second kappa shape index (κ2) is 6.39. The van der Waals surface area contributed by atoms with Crippen molar-refractivity contribution in [1.29, 1.82) is 0 Å². The lowest BCUT2D eigenvalue weighted by atomic mass is 10.3. The zero-order valence-electron chi connectivity index (χ0n) is 11.4. The minimum Gasteiger partial charge on any atom is -0.468 e. The normalized spacial score (nSPS) is 10.6. The Bertz CT molecular complexity index is 687. The number of rotatable bonds is 5. The average Bonchev–Trinajstić information content (AvgIpc) is 2.89. The van der Waals surface area contributed by atoms with Gasteiger partial charge in [-0.3, -0.25) is 4.79 Å². The third kappa shape index (κ3) is 3.21. The largest absolute Gasteiger partial charge is 0.468 e. The lowest BCUT2D eigenvalue weighted by Crippen LogP contribution is -2.12. The lowest BCUT2D eigenvalue weighted by molar-refractivity contribution is -0.137. The number of nitrogens with zero attached hydrogens (tertiary/aromatic N) is 4. The highest BCUT2D eigenvalue weighted by Gasteiger charge is 2.17. The van der Waals surface area contributed by atoms with E-state index in [1.54, 1.807) is 6.92 Å². The molecule has 2 N–H and O–H groups in total. The highest BCUT2D eigenvalue weighted by atomic mass is 32.2. The van der Waals surface area contributed by atoms with Crippen LogP contribution in [-0.2, 0) is 14.3 Å². The molecule has 0 aromatic carbocycles. The molecule has 112 valence electrons. The number of esters is 2. The number of carbonyl (C=O) groups is 2. The van der Waals surface area contributed by atoms with Crippen LogP contribution in [-0.4, -0.2) is 51.0 Å². The van der Waals surface area contributed by atoms with Crippen LogP contribution in [0.1, 0.15) is 17.3 Å². The fourth-order valence-electron chi connectivity index (χ4n) is 1.44. The summed E-state index contributed by atoms with van der Waals surface area (Å²) in [7, 11) is 1.30. The average molecular weight is 311 g/mol. The van der Waals surface area contributed by atoms with Crippen molar-refractivity contribution in [3.05, 3.63) is 11.8 Å². The van der Waals surface area contributed by atoms with Crippen LogP contribution in [0.2, 0.25) is 0 Å². The van der Waals surface area contributed by atoms with Gasteiger partial charge in [0.15, 0.2) is 0 Å². The van der Waals surface area contributed by atoms with Gasteiger partial charge in [-0.1, -0.05) is 11.8 Å². The van der Waals surface area contributed by atoms with Gasteiger partial charge in [-0.05, 0) is 6.92 Å². The Kier molecular flexibility index (Phi) is 4.58. The number of hydrogen-bond acceptors (Lipinski definition) is 9. The summed E-state index contributed by atoms with van der Waals surface area (Å²) in [5.41, 5.74) is 5.97. The quantitative estimate of drug-likeness (QED) is 0.607. The first kappa shape index (κ1) is 15.0. The van der Waals surface area contributed by atoms with Gasteiger partial charge in [0, 0.05) is 6.20 Å². The van der Waals surface area contributed by atoms with Crippen LogP contribution in [0.5, 0.6) is 0 Å². The Balaban J connectivity index is 2.28. The van der Waals surface area contributed by atoms with Gasteiger partial charge in [0.25, 0.3) is 5.78 Å². The summed E-state index contributed by atoms with van der Waals surface area (Å²) in [6.07, 6.45) is 1.28. The van der Waals surface area contributed by atoms with E-state index in [-0.39, 0.29) is 29.5 Å². The van der Waals surface area contributed by atoms with Gasteiger partial charge < -0.3 is 15.2 Å². The second-order valence-corrected chi connectivity index (χ2v) is 4.69. The van der Waals surface area contributed by atoms with Crippen LogP contribution >= 0.6 is 11.8 Å². The van der Waals surface area contributed by atoms with E-state index in [0.717, 1.165) is 11.8 Å². The molecule has 0 aliphatic rings. The first-order valence-corrected chi connectivity index (χ1v) is 6.93. The van der Waals surface area contributed by atoms with Gasteiger partial charge in [0.1, 0.15) is 11.4 Å². The summed E-state index contributed by atoms with van der Waals surface area (Å²) in [5, 5.41) is 4.39. The van der Waals surface area contributed by atoms with Crippen LogP contribution in [0.25, 0.3) is 5.78 Å². The third-order valence-electron chi connectivity index (χ3n) is 2.43. The van der Waals surface area contributed by atoms with Gasteiger partial charge in [-0.15, -0.1) is 5.10 Å². The van der Waals surface area contributed by atoms with Gasteiger partial charge in [-0.2, -0.15) is 9.50 Å². The van der Waals surface area contributed by atoms with E-state index in [2.05, 4.69) is 19.8 Å². The van der Waals surface area contributed by atoms with Gasteiger partial charge in [-0.25, -0.2) is 9.78 Å². The summed E-state index contributed by atoms with van der Waals surface area (Å²) in [6.45, 7) is 1.92. The maximum atomic E-state index is 11.7. The fraction of sp³-hybridized carbons (Fsp3) is 0.364. The number of nitrogen functional groups attached to an aromatic ring is 1. The first-order chi connectivity index (χ1) is 10.1. The molecule has 0 spiro atoms. The minimum atomic E-state index is -0.580. The highest BCUT2D eigenvalue weighted by Crippen LogP contribution is 2.18. The Hall–Kier alpha value is -2.36. The molecule has 0 radical (unpaired) electrons. The molecule has 2 aromatic heterocycles. The van der Waals surface area contributed by atoms with Crippen molar-refractivity contribution in [2.75, 3.05) is 25.2 Å². The Morgan fingerprint density at radius 2 is 2.24 bits per heavy atom. The third-order valence-corrected chi connectivity index (χ3v) is 3.24.